The first-order chi connectivity index (χ1) is 2.73. The van der Waals surface area contributed by atoms with Gasteiger partial charge in [0, 0.05) is 7.11 Å². The molecule has 1 N–H and O–H groups in total. The first kappa shape index (κ1) is 15.7. The van der Waals surface area contributed by atoms with Gasteiger partial charge >= 0.3 is 29.6 Å². The van der Waals surface area contributed by atoms with Gasteiger partial charge in [-0.1, -0.05) is 0 Å². The largest absolute Gasteiger partial charge is 1.00 e. The first-order valence-electron chi connectivity index (χ1n) is 0.910. The van der Waals surface area contributed by atoms with Crippen molar-refractivity contribution in [2.24, 2.45) is 0 Å². The van der Waals surface area contributed by atoms with Crippen LogP contribution in [0.15, 0.2) is 0 Å². The monoisotopic (exact) mass is 138 g/mol. The molecular formula is CH4ClNaO4. The van der Waals surface area contributed by atoms with Gasteiger partial charge in [0.1, 0.15) is 0 Å². The number of hydrogen-bond acceptors (Lipinski definition) is 4. The average Bonchev–Trinajstić information content (AvgIpc) is 1.41. The van der Waals surface area contributed by atoms with E-state index < -0.39 is 10.8 Å². The molecule has 0 aromatic heterocycles. The molecule has 6 heteroatoms. The Morgan fingerprint density at radius 2 is 1.14 bits per heavy atom. The summed E-state index contributed by atoms with van der Waals surface area (Å²) in [7, 11) is -1.85. The molecule has 0 fully saturated rings. The number of aliphatic hydroxyl groups is 1. The predicted molar refractivity (Wildman–Crippen MR) is 8.14 cm³/mol. The third kappa shape index (κ3) is 147. The fourth-order valence-electron chi connectivity index (χ4n) is 0. The quantitative estimate of drug-likeness (QED) is 0.337. The molecule has 0 aliphatic rings. The van der Waals surface area contributed by atoms with Crippen molar-refractivity contribution in [1.82, 2.24) is 0 Å². The van der Waals surface area contributed by atoms with E-state index in [0.29, 0.717) is 0 Å². The summed E-state index contributed by atoms with van der Waals surface area (Å²) in [6, 6.07) is 0. The molecule has 0 aliphatic carbocycles. The van der Waals surface area contributed by atoms with Crippen molar-refractivity contribution in [3.05, 3.63) is 0 Å². The van der Waals surface area contributed by atoms with Gasteiger partial charge < -0.3 is 19.1 Å². The zero-order chi connectivity index (χ0) is 5.58. The molecule has 0 amide bonds. The van der Waals surface area contributed by atoms with Gasteiger partial charge in [-0.3, -0.25) is 0 Å². The van der Waals surface area contributed by atoms with Crippen LogP contribution in [0.4, 0.5) is 0 Å². The minimum atomic E-state index is -2.85. The Kier molecular flexibility index (Phi) is 35.2. The number of halogens is 1. The molecule has 0 spiro atoms. The fraction of sp³-hybridized carbons (Fsp3) is 1.00. The van der Waals surface area contributed by atoms with E-state index in [4.69, 9.17) is 19.1 Å². The summed E-state index contributed by atoms with van der Waals surface area (Å²) >= 11 is 0. The molecular weight excluding hydrogens is 134 g/mol. The van der Waals surface area contributed by atoms with Crippen LogP contribution >= 0.6 is 0 Å². The van der Waals surface area contributed by atoms with Gasteiger partial charge in [-0.15, -0.1) is 0 Å². The van der Waals surface area contributed by atoms with Crippen LogP contribution in [0.1, 0.15) is 0 Å². The minimum absolute atomic E-state index is 0. The van der Waals surface area contributed by atoms with E-state index in [0.717, 1.165) is 7.11 Å². The van der Waals surface area contributed by atoms with Crippen LogP contribution in [0.3, 0.4) is 0 Å². The maximum absolute atomic E-state index is 8.41. The van der Waals surface area contributed by atoms with Crippen molar-refractivity contribution in [3.63, 3.8) is 0 Å². The Hall–Kier alpha value is 1.13. The second kappa shape index (κ2) is 15.7. The van der Waals surface area contributed by atoms with E-state index in [9.17, 15) is 0 Å². The molecule has 0 unspecified atom stereocenters. The van der Waals surface area contributed by atoms with Crippen molar-refractivity contribution in [2.45, 2.75) is 0 Å². The Bertz CT molecular complexity index is 16.4. The van der Waals surface area contributed by atoms with Crippen molar-refractivity contribution < 1.29 is 59.4 Å². The SMILES string of the molecule is CO.[Na+].[O-][Cl+2]([O-])[O-]. The molecule has 0 atom stereocenters. The third-order valence-corrected chi connectivity index (χ3v) is 0. The van der Waals surface area contributed by atoms with Crippen LogP contribution in [0.25, 0.3) is 0 Å². The number of hydrogen-bond donors (Lipinski definition) is 1. The predicted octanol–water partition coefficient (Wildman–Crippen LogP) is -6.95. The van der Waals surface area contributed by atoms with Crippen LogP contribution in [0.5, 0.6) is 0 Å². The summed E-state index contributed by atoms with van der Waals surface area (Å²) in [6.45, 7) is 0. The summed E-state index contributed by atoms with van der Waals surface area (Å²) in [5.41, 5.74) is 0. The zero-order valence-corrected chi connectivity index (χ0v) is 6.81. The molecule has 0 heterocycles. The Morgan fingerprint density at radius 1 is 1.14 bits per heavy atom. The smallest absolute Gasteiger partial charge is 0.400 e. The molecule has 0 rings (SSSR count). The number of rotatable bonds is 0. The molecule has 40 valence electrons. The van der Waals surface area contributed by atoms with E-state index in [-0.39, 0.29) is 29.6 Å². The van der Waals surface area contributed by atoms with Crippen LogP contribution in [-0.2, 0) is 0 Å². The van der Waals surface area contributed by atoms with Crippen molar-refractivity contribution >= 4 is 0 Å². The first-order valence-corrected chi connectivity index (χ1v) is 1.84. The third-order valence-electron chi connectivity index (χ3n) is 0. The normalized spacial score (nSPS) is 6.00. The summed E-state index contributed by atoms with van der Waals surface area (Å²) in [5.74, 6) is 0. The van der Waals surface area contributed by atoms with Crippen LogP contribution in [-0.4, -0.2) is 12.2 Å². The number of aliphatic hydroxyl groups excluding tert-OH is 1. The van der Waals surface area contributed by atoms with Gasteiger partial charge in [-0.2, -0.15) is 0 Å². The van der Waals surface area contributed by atoms with Crippen LogP contribution in [0, 0.1) is 10.8 Å². The topological polar surface area (TPSA) is 89.4 Å². The van der Waals surface area contributed by atoms with Gasteiger partial charge in [-0.05, 0) is 0 Å². The maximum atomic E-state index is 8.41. The molecule has 0 saturated heterocycles. The molecule has 0 aromatic carbocycles. The Labute approximate surface area is 66.5 Å². The summed E-state index contributed by atoms with van der Waals surface area (Å²) in [4.78, 5) is 0. The Balaban J connectivity index is -0.0000000480. The summed E-state index contributed by atoms with van der Waals surface area (Å²) < 4.78 is 25.2. The van der Waals surface area contributed by atoms with E-state index in [1.54, 1.807) is 0 Å². The molecule has 4 nitrogen and oxygen atoms in total. The van der Waals surface area contributed by atoms with E-state index >= 15 is 0 Å². The molecule has 0 bridgehead atoms. The fourth-order valence-corrected chi connectivity index (χ4v) is 0. The van der Waals surface area contributed by atoms with Gasteiger partial charge in [0.25, 0.3) is 0 Å². The van der Waals surface area contributed by atoms with E-state index in [2.05, 4.69) is 0 Å². The second-order valence-corrected chi connectivity index (χ2v) is 0.567. The van der Waals surface area contributed by atoms with Gasteiger partial charge in [0.2, 0.25) is 0 Å². The van der Waals surface area contributed by atoms with Gasteiger partial charge in [-0.25, -0.2) is 0 Å². The standard InChI is InChI=1S/CH4O.ClO3.Na/c1-2;2-1(3)4;/h2H,1H3;;/q;-1;+1. The minimum Gasteiger partial charge on any atom is -0.400 e. The van der Waals surface area contributed by atoms with E-state index in [1.807, 2.05) is 0 Å². The van der Waals surface area contributed by atoms with Crippen LogP contribution in [0.2, 0.25) is 0 Å². The van der Waals surface area contributed by atoms with Gasteiger partial charge in [0.15, 0.2) is 0 Å². The zero-order valence-electron chi connectivity index (χ0n) is 4.05. The molecule has 0 saturated carbocycles. The van der Waals surface area contributed by atoms with Crippen LogP contribution < -0.4 is 43.5 Å². The molecule has 0 aromatic rings. The Morgan fingerprint density at radius 3 is 1.14 bits per heavy atom. The second-order valence-electron chi connectivity index (χ2n) is 0.189. The van der Waals surface area contributed by atoms with Crippen molar-refractivity contribution in [3.8, 4) is 0 Å². The summed E-state index contributed by atoms with van der Waals surface area (Å²) in [6.07, 6.45) is 0. The molecule has 0 radical (unpaired) electrons. The van der Waals surface area contributed by atoms with Crippen molar-refractivity contribution in [1.29, 1.82) is 0 Å². The maximum Gasteiger partial charge on any atom is 1.00 e. The average molecular weight is 138 g/mol. The van der Waals surface area contributed by atoms with Gasteiger partial charge in [0.05, 0.1) is 10.8 Å². The molecule has 0 aliphatic heterocycles. The summed E-state index contributed by atoms with van der Waals surface area (Å²) in [5, 5.41) is 7.00. The molecule has 7 heavy (non-hydrogen) atoms. The van der Waals surface area contributed by atoms with E-state index in [1.165, 1.54) is 0 Å². The van der Waals surface area contributed by atoms with Crippen molar-refractivity contribution in [2.75, 3.05) is 7.11 Å².